The number of carboxylic acid groups (broad SMARTS) is 1. The lowest BCUT2D eigenvalue weighted by Crippen LogP contribution is -2.57. The minimum absolute atomic E-state index is 0.0261. The van der Waals surface area contributed by atoms with Crippen LogP contribution in [0.2, 0.25) is 0 Å². The first kappa shape index (κ1) is 36.0. The van der Waals surface area contributed by atoms with Gasteiger partial charge in [-0.2, -0.15) is 0 Å². The van der Waals surface area contributed by atoms with E-state index in [0.717, 1.165) is 0 Å². The molecular weight excluding hydrogens is 552 g/mol. The summed E-state index contributed by atoms with van der Waals surface area (Å²) in [5, 5.41) is 17.2. The third-order valence-corrected chi connectivity index (χ3v) is 6.75. The Balaban J connectivity index is 2.94. The van der Waals surface area contributed by atoms with Crippen molar-refractivity contribution in [1.29, 1.82) is 0 Å². The molecule has 5 atom stereocenters. The highest BCUT2D eigenvalue weighted by Crippen LogP contribution is 2.20. The highest BCUT2D eigenvalue weighted by molar-refractivity contribution is 5.95. The van der Waals surface area contributed by atoms with Gasteiger partial charge in [-0.3, -0.25) is 29.0 Å². The number of amides is 5. The van der Waals surface area contributed by atoms with E-state index in [9.17, 15) is 33.9 Å². The molecular formula is C25H46N10O7. The number of aliphatic imine (C=N–C) groups is 1. The zero-order valence-corrected chi connectivity index (χ0v) is 24.0. The number of rotatable bonds is 19. The van der Waals surface area contributed by atoms with Crippen molar-refractivity contribution in [3.05, 3.63) is 0 Å². The number of carbonyl (C=O) groups is 6. The van der Waals surface area contributed by atoms with Crippen LogP contribution in [0.5, 0.6) is 0 Å². The van der Waals surface area contributed by atoms with Crippen LogP contribution < -0.4 is 44.6 Å². The number of likely N-dealkylation sites (tertiary alicyclic amines) is 1. The van der Waals surface area contributed by atoms with E-state index in [1.165, 1.54) is 11.8 Å². The summed E-state index contributed by atoms with van der Waals surface area (Å²) in [6, 6.07) is -5.34. The average Bonchev–Trinajstić information content (AvgIpc) is 3.42. The second-order valence-electron chi connectivity index (χ2n) is 10.2. The molecule has 0 bridgehead atoms. The summed E-state index contributed by atoms with van der Waals surface area (Å²) < 4.78 is 0. The maximum absolute atomic E-state index is 13.2. The topological polar surface area (TPSA) is 304 Å². The van der Waals surface area contributed by atoms with Crippen molar-refractivity contribution in [3.8, 4) is 0 Å². The van der Waals surface area contributed by atoms with Crippen LogP contribution in [-0.2, 0) is 28.8 Å². The van der Waals surface area contributed by atoms with Gasteiger partial charge in [0.25, 0.3) is 0 Å². The van der Waals surface area contributed by atoms with Crippen molar-refractivity contribution >= 4 is 41.5 Å². The number of carbonyl (C=O) groups excluding carboxylic acids is 5. The Kier molecular flexibility index (Phi) is 15.8. The Morgan fingerprint density at radius 3 is 2.14 bits per heavy atom. The number of nitrogens with zero attached hydrogens (tertiary/aromatic N) is 2. The molecule has 1 rings (SSSR count). The van der Waals surface area contributed by atoms with Crippen molar-refractivity contribution < 1.29 is 33.9 Å². The highest BCUT2D eigenvalue weighted by Gasteiger charge is 2.38. The van der Waals surface area contributed by atoms with E-state index in [2.05, 4.69) is 20.9 Å². The molecule has 1 aliphatic rings. The van der Waals surface area contributed by atoms with Crippen LogP contribution in [0.25, 0.3) is 0 Å². The summed E-state index contributed by atoms with van der Waals surface area (Å²) in [5.41, 5.74) is 27.1. The van der Waals surface area contributed by atoms with E-state index in [4.69, 9.17) is 28.7 Å². The van der Waals surface area contributed by atoms with E-state index in [-0.39, 0.29) is 44.7 Å². The summed E-state index contributed by atoms with van der Waals surface area (Å²) in [6.45, 7) is 2.22. The molecule has 0 aromatic rings. The molecule has 0 saturated carbocycles. The minimum Gasteiger partial charge on any atom is -0.480 e. The Labute approximate surface area is 244 Å². The van der Waals surface area contributed by atoms with Crippen LogP contribution in [-0.4, -0.2) is 101 Å². The molecule has 17 heteroatoms. The molecule has 14 N–H and O–H groups in total. The number of nitrogens with one attached hydrogen (secondary N) is 3. The van der Waals surface area contributed by atoms with Gasteiger partial charge in [-0.25, -0.2) is 4.79 Å². The first-order chi connectivity index (χ1) is 19.8. The second-order valence-corrected chi connectivity index (χ2v) is 10.2. The summed E-state index contributed by atoms with van der Waals surface area (Å²) >= 11 is 0. The number of hydrogen-bond donors (Lipinski definition) is 9. The van der Waals surface area contributed by atoms with Gasteiger partial charge >= 0.3 is 5.97 Å². The van der Waals surface area contributed by atoms with Crippen LogP contribution in [0.1, 0.15) is 64.7 Å². The van der Waals surface area contributed by atoms with E-state index >= 15 is 0 Å². The molecule has 238 valence electrons. The fraction of sp³-hybridized carbons (Fsp3) is 0.720. The Hall–Kier alpha value is -3.99. The Morgan fingerprint density at radius 1 is 0.905 bits per heavy atom. The van der Waals surface area contributed by atoms with Gasteiger partial charge < -0.3 is 54.6 Å². The van der Waals surface area contributed by atoms with E-state index in [1.807, 2.05) is 0 Å². The van der Waals surface area contributed by atoms with Crippen molar-refractivity contribution in [2.45, 2.75) is 94.9 Å². The maximum Gasteiger partial charge on any atom is 0.326 e. The zero-order valence-electron chi connectivity index (χ0n) is 24.0. The predicted molar refractivity (Wildman–Crippen MR) is 153 cm³/mol. The highest BCUT2D eigenvalue weighted by atomic mass is 16.4. The molecule has 0 aromatic carbocycles. The lowest BCUT2D eigenvalue weighted by molar-refractivity contribution is -0.149. The molecule has 0 aliphatic carbocycles. The number of aliphatic carboxylic acids is 1. The van der Waals surface area contributed by atoms with E-state index in [0.29, 0.717) is 38.6 Å². The van der Waals surface area contributed by atoms with Crippen molar-refractivity contribution in [2.75, 3.05) is 19.6 Å². The van der Waals surface area contributed by atoms with Gasteiger partial charge in [-0.1, -0.05) is 0 Å². The van der Waals surface area contributed by atoms with Gasteiger partial charge in [0.15, 0.2) is 5.96 Å². The van der Waals surface area contributed by atoms with Gasteiger partial charge in [0, 0.05) is 19.5 Å². The quantitative estimate of drug-likeness (QED) is 0.0396. The van der Waals surface area contributed by atoms with Gasteiger partial charge in [0.1, 0.15) is 24.2 Å². The summed E-state index contributed by atoms with van der Waals surface area (Å²) in [6.07, 6.45) is 2.43. The molecule has 1 aliphatic heterocycles. The average molecular weight is 599 g/mol. The normalized spacial score (nSPS) is 17.3. The Bertz CT molecular complexity index is 989. The fourth-order valence-corrected chi connectivity index (χ4v) is 4.39. The van der Waals surface area contributed by atoms with Crippen molar-refractivity contribution in [1.82, 2.24) is 20.9 Å². The lowest BCUT2D eigenvalue weighted by atomic mass is 10.1. The maximum atomic E-state index is 13.2. The first-order valence-electron chi connectivity index (χ1n) is 14.0. The standard InChI is InChI=1S/C25H46N10O7/c1-14(20(37)34-17(6-2-3-11-26)23(40)35-13-5-8-18(35)24(41)42)32-22(39)16(7-4-12-31-25(29)30)33-21(38)15(27)9-10-19(28)36/h14-18H,2-13,26-27H2,1H3,(H2,28,36)(H,32,39)(H,33,38)(H,34,37)(H,41,42)(H4,29,30,31)/t14-,15-,16-,17-,18-/m0/s1. The van der Waals surface area contributed by atoms with Crippen molar-refractivity contribution in [3.63, 3.8) is 0 Å². The molecule has 0 aromatic heterocycles. The van der Waals surface area contributed by atoms with Crippen LogP contribution in [0, 0.1) is 0 Å². The number of guanidine groups is 1. The number of carboxylic acids is 1. The molecule has 0 spiro atoms. The minimum atomic E-state index is -1.13. The van der Waals surface area contributed by atoms with Gasteiger partial charge in [-0.15, -0.1) is 0 Å². The number of nitrogens with two attached hydrogens (primary N) is 5. The molecule has 0 unspecified atom stereocenters. The molecule has 42 heavy (non-hydrogen) atoms. The monoisotopic (exact) mass is 598 g/mol. The third kappa shape index (κ3) is 12.7. The first-order valence-corrected chi connectivity index (χ1v) is 14.0. The molecule has 5 amide bonds. The third-order valence-electron chi connectivity index (χ3n) is 6.75. The lowest BCUT2D eigenvalue weighted by Gasteiger charge is -2.28. The summed E-state index contributed by atoms with van der Waals surface area (Å²) in [4.78, 5) is 79.7. The van der Waals surface area contributed by atoms with Gasteiger partial charge in [0.2, 0.25) is 29.5 Å². The number of unbranched alkanes of at least 4 members (excludes halogenated alkanes) is 1. The number of primary amides is 1. The second kappa shape index (κ2) is 18.4. The molecule has 17 nitrogen and oxygen atoms in total. The van der Waals surface area contributed by atoms with Crippen LogP contribution in [0.15, 0.2) is 4.99 Å². The predicted octanol–water partition coefficient (Wildman–Crippen LogP) is -3.69. The van der Waals surface area contributed by atoms with Gasteiger partial charge in [-0.05, 0) is 64.8 Å². The SMILES string of the molecule is C[C@H](NC(=O)[C@H](CCCN=C(N)N)NC(=O)[C@@H](N)CCC(N)=O)C(=O)N[C@@H](CCCCN)C(=O)N1CCC[C@H]1C(=O)O. The largest absolute Gasteiger partial charge is 0.480 e. The smallest absolute Gasteiger partial charge is 0.326 e. The number of hydrogen-bond acceptors (Lipinski definition) is 9. The molecule has 1 fully saturated rings. The summed E-state index contributed by atoms with van der Waals surface area (Å²) in [5.74, 6) is -4.47. The molecule has 1 saturated heterocycles. The summed E-state index contributed by atoms with van der Waals surface area (Å²) in [7, 11) is 0. The molecule has 0 radical (unpaired) electrons. The van der Waals surface area contributed by atoms with Gasteiger partial charge in [0.05, 0.1) is 6.04 Å². The van der Waals surface area contributed by atoms with Crippen molar-refractivity contribution in [2.24, 2.45) is 33.7 Å². The Morgan fingerprint density at radius 2 is 1.55 bits per heavy atom. The van der Waals surface area contributed by atoms with Crippen LogP contribution >= 0.6 is 0 Å². The van der Waals surface area contributed by atoms with Crippen LogP contribution in [0.4, 0.5) is 0 Å². The van der Waals surface area contributed by atoms with E-state index in [1.54, 1.807) is 0 Å². The van der Waals surface area contributed by atoms with Crippen LogP contribution in [0.3, 0.4) is 0 Å². The fourth-order valence-electron chi connectivity index (χ4n) is 4.39. The molecule has 1 heterocycles. The van der Waals surface area contributed by atoms with E-state index < -0.39 is 65.7 Å². The zero-order chi connectivity index (χ0) is 31.8.